The van der Waals surface area contributed by atoms with Crippen LogP contribution in [0.25, 0.3) is 0 Å². The zero-order chi connectivity index (χ0) is 12.6. The lowest BCUT2D eigenvalue weighted by atomic mass is 9.97. The minimum Gasteiger partial charge on any atom is -0.288 e. The van der Waals surface area contributed by atoms with E-state index < -0.39 is 0 Å². The minimum atomic E-state index is 0.0885. The summed E-state index contributed by atoms with van der Waals surface area (Å²) in [6.45, 7) is 7.95. The topological polar surface area (TPSA) is 30.0 Å². The average Bonchev–Trinajstić information content (AvgIpc) is 2.69. The van der Waals surface area contributed by atoms with Crippen molar-refractivity contribution >= 4 is 17.1 Å². The van der Waals surface area contributed by atoms with Gasteiger partial charge in [-0.2, -0.15) is 0 Å². The molecule has 0 aliphatic carbocycles. The highest BCUT2D eigenvalue weighted by Gasteiger charge is 2.16. The Morgan fingerprint density at radius 2 is 1.71 bits per heavy atom. The first kappa shape index (κ1) is 12.0. The Hall–Kier alpha value is -1.48. The molecule has 0 saturated heterocycles. The summed E-state index contributed by atoms with van der Waals surface area (Å²) in [5, 5.41) is 0. The molecular weight excluding hydrogens is 230 g/mol. The fourth-order valence-corrected chi connectivity index (χ4v) is 2.60. The van der Waals surface area contributed by atoms with Gasteiger partial charge in [-0.15, -0.1) is 11.3 Å². The van der Waals surface area contributed by atoms with Gasteiger partial charge in [0.2, 0.25) is 5.78 Å². The third kappa shape index (κ3) is 2.15. The van der Waals surface area contributed by atoms with E-state index in [4.69, 9.17) is 0 Å². The van der Waals surface area contributed by atoms with Gasteiger partial charge in [0.25, 0.3) is 0 Å². The van der Waals surface area contributed by atoms with E-state index in [9.17, 15) is 4.79 Å². The Kier molecular flexibility index (Phi) is 3.11. The van der Waals surface area contributed by atoms with E-state index >= 15 is 0 Å². The Bertz CT molecular complexity index is 584. The molecule has 0 atom stereocenters. The maximum absolute atomic E-state index is 12.4. The second-order valence-electron chi connectivity index (χ2n) is 4.35. The van der Waals surface area contributed by atoms with Crippen molar-refractivity contribution in [1.29, 1.82) is 0 Å². The predicted octanol–water partition coefficient (Wildman–Crippen LogP) is 3.61. The molecule has 0 amide bonds. The first-order valence-electron chi connectivity index (χ1n) is 5.53. The molecule has 88 valence electrons. The molecule has 0 aliphatic rings. The molecule has 2 aromatic rings. The van der Waals surface area contributed by atoms with Crippen molar-refractivity contribution in [2.75, 3.05) is 0 Å². The molecule has 0 bridgehead atoms. The van der Waals surface area contributed by atoms with E-state index in [1.807, 2.05) is 26.8 Å². The van der Waals surface area contributed by atoms with Gasteiger partial charge in [0, 0.05) is 5.56 Å². The fourth-order valence-electron chi connectivity index (χ4n) is 1.85. The molecule has 0 saturated carbocycles. The predicted molar refractivity (Wildman–Crippen MR) is 70.9 cm³/mol. The molecule has 0 N–H and O–H groups in total. The molecule has 0 spiro atoms. The Morgan fingerprint density at radius 3 is 2.29 bits per heavy atom. The Labute approximate surface area is 105 Å². The lowest BCUT2D eigenvalue weighted by Crippen LogP contribution is -2.04. The van der Waals surface area contributed by atoms with Gasteiger partial charge in [0.1, 0.15) is 0 Å². The molecule has 0 radical (unpaired) electrons. The van der Waals surface area contributed by atoms with E-state index in [0.717, 1.165) is 27.3 Å². The van der Waals surface area contributed by atoms with E-state index in [1.54, 1.807) is 5.51 Å². The zero-order valence-corrected chi connectivity index (χ0v) is 11.3. The third-order valence-corrected chi connectivity index (χ3v) is 3.96. The fraction of sp³-hybridized carbons (Fsp3) is 0.286. The van der Waals surface area contributed by atoms with Crippen LogP contribution in [-0.4, -0.2) is 10.8 Å². The lowest BCUT2D eigenvalue weighted by molar-refractivity contribution is 0.104. The molecule has 0 aliphatic heterocycles. The SMILES string of the molecule is Cc1cc(C)c(C(=O)c2scnc2C)cc1C. The van der Waals surface area contributed by atoms with Gasteiger partial charge in [-0.25, -0.2) is 4.98 Å². The van der Waals surface area contributed by atoms with Gasteiger partial charge < -0.3 is 0 Å². The van der Waals surface area contributed by atoms with Crippen LogP contribution < -0.4 is 0 Å². The summed E-state index contributed by atoms with van der Waals surface area (Å²) in [7, 11) is 0. The molecule has 0 unspecified atom stereocenters. The second-order valence-corrected chi connectivity index (χ2v) is 5.20. The maximum Gasteiger partial charge on any atom is 0.205 e. The van der Waals surface area contributed by atoms with Crippen molar-refractivity contribution in [1.82, 2.24) is 4.98 Å². The van der Waals surface area contributed by atoms with Crippen LogP contribution in [0.2, 0.25) is 0 Å². The quantitative estimate of drug-likeness (QED) is 0.756. The normalized spacial score (nSPS) is 10.6. The van der Waals surface area contributed by atoms with Crippen LogP contribution in [0.5, 0.6) is 0 Å². The van der Waals surface area contributed by atoms with E-state index in [0.29, 0.717) is 0 Å². The summed E-state index contributed by atoms with van der Waals surface area (Å²) >= 11 is 1.41. The van der Waals surface area contributed by atoms with Crippen LogP contribution in [0.4, 0.5) is 0 Å². The number of carbonyl (C=O) groups excluding carboxylic acids is 1. The second kappa shape index (κ2) is 4.41. The number of rotatable bonds is 2. The largest absolute Gasteiger partial charge is 0.288 e. The van der Waals surface area contributed by atoms with Gasteiger partial charge in [-0.1, -0.05) is 6.07 Å². The first-order chi connectivity index (χ1) is 8.00. The number of carbonyl (C=O) groups is 1. The summed E-state index contributed by atoms with van der Waals surface area (Å²) in [4.78, 5) is 17.3. The highest BCUT2D eigenvalue weighted by atomic mass is 32.1. The molecule has 2 rings (SSSR count). The number of benzene rings is 1. The lowest BCUT2D eigenvalue weighted by Gasteiger charge is -2.08. The Morgan fingerprint density at radius 1 is 1.06 bits per heavy atom. The zero-order valence-electron chi connectivity index (χ0n) is 10.5. The third-order valence-electron chi connectivity index (χ3n) is 3.04. The van der Waals surface area contributed by atoms with Gasteiger partial charge >= 0.3 is 0 Å². The van der Waals surface area contributed by atoms with Crippen LogP contribution >= 0.6 is 11.3 Å². The summed E-state index contributed by atoms with van der Waals surface area (Å²) in [5.74, 6) is 0.0885. The van der Waals surface area contributed by atoms with E-state index in [1.165, 1.54) is 16.9 Å². The van der Waals surface area contributed by atoms with Crippen LogP contribution in [0.1, 0.15) is 37.6 Å². The van der Waals surface area contributed by atoms with Crippen molar-refractivity contribution in [3.63, 3.8) is 0 Å². The molecule has 2 nitrogen and oxygen atoms in total. The molecule has 3 heteroatoms. The van der Waals surface area contributed by atoms with Gasteiger partial charge in [-0.05, 0) is 50.5 Å². The molecule has 17 heavy (non-hydrogen) atoms. The molecule has 1 aromatic heterocycles. The number of thiazole rings is 1. The summed E-state index contributed by atoms with van der Waals surface area (Å²) < 4.78 is 0. The summed E-state index contributed by atoms with van der Waals surface area (Å²) in [6.07, 6.45) is 0. The van der Waals surface area contributed by atoms with Crippen molar-refractivity contribution in [2.45, 2.75) is 27.7 Å². The number of hydrogen-bond acceptors (Lipinski definition) is 3. The maximum atomic E-state index is 12.4. The van der Waals surface area contributed by atoms with E-state index in [-0.39, 0.29) is 5.78 Å². The minimum absolute atomic E-state index is 0.0885. The number of aromatic nitrogens is 1. The van der Waals surface area contributed by atoms with Crippen LogP contribution in [0.3, 0.4) is 0 Å². The number of nitrogens with zero attached hydrogens (tertiary/aromatic N) is 1. The first-order valence-corrected chi connectivity index (χ1v) is 6.41. The van der Waals surface area contributed by atoms with Gasteiger partial charge in [0.15, 0.2) is 0 Å². The van der Waals surface area contributed by atoms with Crippen molar-refractivity contribution in [3.8, 4) is 0 Å². The molecule has 0 fully saturated rings. The number of hydrogen-bond donors (Lipinski definition) is 0. The highest BCUT2D eigenvalue weighted by molar-refractivity contribution is 7.12. The monoisotopic (exact) mass is 245 g/mol. The average molecular weight is 245 g/mol. The molecular formula is C14H15NOS. The molecule has 1 aromatic carbocycles. The van der Waals surface area contributed by atoms with Crippen LogP contribution in [0, 0.1) is 27.7 Å². The standard InChI is InChI=1S/C14H15NOS/c1-8-5-10(3)12(6-9(8)2)13(16)14-11(4)15-7-17-14/h5-7H,1-4H3. The van der Waals surface area contributed by atoms with Crippen LogP contribution in [-0.2, 0) is 0 Å². The van der Waals surface area contributed by atoms with Crippen molar-refractivity contribution < 1.29 is 4.79 Å². The number of aryl methyl sites for hydroxylation is 4. The highest BCUT2D eigenvalue weighted by Crippen LogP contribution is 2.22. The van der Waals surface area contributed by atoms with Gasteiger partial charge in [0.05, 0.1) is 16.1 Å². The Balaban J connectivity index is 2.52. The molecule has 1 heterocycles. The number of ketones is 1. The van der Waals surface area contributed by atoms with E-state index in [2.05, 4.69) is 18.0 Å². The van der Waals surface area contributed by atoms with Crippen LogP contribution in [0.15, 0.2) is 17.6 Å². The van der Waals surface area contributed by atoms with Crippen molar-refractivity contribution in [2.24, 2.45) is 0 Å². The van der Waals surface area contributed by atoms with Crippen molar-refractivity contribution in [3.05, 3.63) is 50.5 Å². The summed E-state index contributed by atoms with van der Waals surface area (Å²) in [6, 6.07) is 4.05. The smallest absolute Gasteiger partial charge is 0.205 e. The van der Waals surface area contributed by atoms with Gasteiger partial charge in [-0.3, -0.25) is 4.79 Å². The summed E-state index contributed by atoms with van der Waals surface area (Å²) in [5.41, 5.74) is 6.74.